The number of benzene rings is 2. The molecule has 5 atom stereocenters. The molecule has 1 aromatic heterocycles. The van der Waals surface area contributed by atoms with Crippen LogP contribution in [0.2, 0.25) is 0 Å². The van der Waals surface area contributed by atoms with Gasteiger partial charge in [0.2, 0.25) is 11.3 Å². The number of aryl methyl sites for hydroxylation is 1. The van der Waals surface area contributed by atoms with Gasteiger partial charge in [-0.3, -0.25) is 19.7 Å². The number of fused-ring (bicyclic) bond motifs is 5. The number of aliphatic hydroxyl groups is 1. The standard InChI is InChI=1S/C31H33N5O8S/c1-16-12-21(16)18-8-9-22-24(14-18)44-31(39)26-20(6-5-7-23(26)36(40)41)28(37)30(22,31)33-29(38)27-17(2)13-25(32-27)45(42,43)35-11-10-19(15-35)34(3)4/h5-9,13-14,16,19,21,32,39H,10-12,15H2,1-4H3,(H,33,38). The van der Waals surface area contributed by atoms with Gasteiger partial charge in [-0.25, -0.2) is 8.42 Å². The van der Waals surface area contributed by atoms with Crippen molar-refractivity contribution in [2.45, 2.75) is 55.0 Å². The van der Waals surface area contributed by atoms with Crippen molar-refractivity contribution in [1.82, 2.24) is 19.5 Å². The van der Waals surface area contributed by atoms with Gasteiger partial charge in [0, 0.05) is 36.3 Å². The fourth-order valence-electron chi connectivity index (χ4n) is 7.16. The molecule has 0 bridgehead atoms. The molecule has 1 saturated heterocycles. The number of sulfonamides is 1. The topological polar surface area (TPSA) is 175 Å². The third kappa shape index (κ3) is 4.05. The normalized spacial score (nSPS) is 28.5. The molecule has 2 aliphatic carbocycles. The van der Waals surface area contributed by atoms with Crippen LogP contribution in [0.15, 0.2) is 47.5 Å². The number of ketones is 1. The molecular formula is C31H33N5O8S. The summed E-state index contributed by atoms with van der Waals surface area (Å²) in [4.78, 5) is 44.4. The molecule has 1 amide bonds. The fraction of sp³-hybridized carbons (Fsp3) is 0.419. The maximum absolute atomic E-state index is 14.3. The molecule has 0 spiro atoms. The summed E-state index contributed by atoms with van der Waals surface area (Å²) in [5, 5.41) is 26.9. The zero-order chi connectivity index (χ0) is 32.2. The first-order chi connectivity index (χ1) is 21.2. The van der Waals surface area contributed by atoms with Gasteiger partial charge in [-0.2, -0.15) is 4.31 Å². The van der Waals surface area contributed by atoms with Crippen molar-refractivity contribution >= 4 is 27.4 Å². The van der Waals surface area contributed by atoms with Crippen molar-refractivity contribution in [2.24, 2.45) is 5.92 Å². The quantitative estimate of drug-likeness (QED) is 0.260. The minimum absolute atomic E-state index is 0.0560. The molecule has 236 valence electrons. The van der Waals surface area contributed by atoms with Gasteiger partial charge in [0.1, 0.15) is 22.0 Å². The molecular weight excluding hydrogens is 602 g/mol. The Kier molecular flexibility index (Phi) is 6.37. The van der Waals surface area contributed by atoms with E-state index in [9.17, 15) is 33.2 Å². The number of nitrogens with one attached hydrogen (secondary N) is 2. The summed E-state index contributed by atoms with van der Waals surface area (Å²) in [6.07, 6.45) is 1.62. The average Bonchev–Trinajstić information content (AvgIpc) is 3.32. The Hall–Kier alpha value is -4.11. The van der Waals surface area contributed by atoms with Crippen molar-refractivity contribution in [1.29, 1.82) is 0 Å². The first-order valence-corrected chi connectivity index (χ1v) is 16.2. The van der Waals surface area contributed by atoms with Gasteiger partial charge in [-0.1, -0.05) is 31.2 Å². The zero-order valence-corrected chi connectivity index (χ0v) is 26.0. The second kappa shape index (κ2) is 9.69. The number of ether oxygens (including phenoxy) is 1. The number of carbonyl (C=O) groups excluding carboxylic acids is 2. The molecule has 13 nitrogen and oxygen atoms in total. The average molecular weight is 636 g/mol. The van der Waals surface area contributed by atoms with E-state index in [4.69, 9.17) is 4.74 Å². The highest BCUT2D eigenvalue weighted by Gasteiger charge is 2.73. The van der Waals surface area contributed by atoms with Gasteiger partial charge in [-0.05, 0) is 69.0 Å². The number of H-pyrrole nitrogens is 1. The maximum Gasteiger partial charge on any atom is 0.280 e. The molecule has 3 N–H and O–H groups in total. The molecule has 7 rings (SSSR count). The molecule has 5 unspecified atom stereocenters. The van der Waals surface area contributed by atoms with E-state index in [0.29, 0.717) is 31.0 Å². The van der Waals surface area contributed by atoms with E-state index < -0.39 is 43.7 Å². The predicted octanol–water partition coefficient (Wildman–Crippen LogP) is 2.74. The van der Waals surface area contributed by atoms with E-state index in [-0.39, 0.29) is 45.1 Å². The van der Waals surface area contributed by atoms with Crippen LogP contribution in [-0.4, -0.2) is 77.6 Å². The number of rotatable bonds is 7. The Morgan fingerprint density at radius 2 is 1.98 bits per heavy atom. The predicted molar refractivity (Wildman–Crippen MR) is 160 cm³/mol. The third-order valence-electron chi connectivity index (χ3n) is 9.87. The number of carbonyl (C=O) groups is 2. The lowest BCUT2D eigenvalue weighted by Gasteiger charge is -2.34. The minimum atomic E-state index is -3.97. The number of aromatic nitrogens is 1. The summed E-state index contributed by atoms with van der Waals surface area (Å²) < 4.78 is 34.5. The highest BCUT2D eigenvalue weighted by Crippen LogP contribution is 2.61. The van der Waals surface area contributed by atoms with Crippen molar-refractivity contribution in [2.75, 3.05) is 27.2 Å². The number of hydrogen-bond donors (Lipinski definition) is 3. The minimum Gasteiger partial charge on any atom is -0.454 e. The molecule has 3 aromatic rings. The number of nitro benzene ring substituents is 1. The lowest BCUT2D eigenvalue weighted by atomic mass is 9.82. The number of nitrogens with zero attached hydrogens (tertiary/aromatic N) is 3. The van der Waals surface area contributed by atoms with Crippen LogP contribution < -0.4 is 10.1 Å². The van der Waals surface area contributed by atoms with Gasteiger partial charge in [-0.15, -0.1) is 0 Å². The summed E-state index contributed by atoms with van der Waals surface area (Å²) in [6, 6.07) is 10.4. The Morgan fingerprint density at radius 1 is 1.24 bits per heavy atom. The number of hydrogen-bond acceptors (Lipinski definition) is 9. The molecule has 2 aromatic carbocycles. The third-order valence-corrected chi connectivity index (χ3v) is 11.7. The van der Waals surface area contributed by atoms with Crippen LogP contribution in [0.4, 0.5) is 5.69 Å². The Bertz CT molecular complexity index is 1920. The highest BCUT2D eigenvalue weighted by atomic mass is 32.2. The lowest BCUT2D eigenvalue weighted by molar-refractivity contribution is -0.388. The van der Waals surface area contributed by atoms with Crippen molar-refractivity contribution in [3.63, 3.8) is 0 Å². The second-order valence-corrected chi connectivity index (χ2v) is 14.7. The Balaban J connectivity index is 1.31. The van der Waals surface area contributed by atoms with Gasteiger partial charge in [0.05, 0.1) is 4.92 Å². The first-order valence-electron chi connectivity index (χ1n) is 14.8. The first kappa shape index (κ1) is 29.6. The smallest absolute Gasteiger partial charge is 0.280 e. The number of aromatic amines is 1. The van der Waals surface area contributed by atoms with Crippen LogP contribution in [0.5, 0.6) is 5.75 Å². The van der Waals surface area contributed by atoms with E-state index in [1.54, 1.807) is 19.1 Å². The summed E-state index contributed by atoms with van der Waals surface area (Å²) in [6.45, 7) is 4.27. The van der Waals surface area contributed by atoms with Crippen LogP contribution >= 0.6 is 0 Å². The fourth-order valence-corrected chi connectivity index (χ4v) is 8.70. The van der Waals surface area contributed by atoms with Gasteiger partial charge in [0.25, 0.3) is 27.4 Å². The van der Waals surface area contributed by atoms with Crippen LogP contribution in [0, 0.1) is 23.0 Å². The lowest BCUT2D eigenvalue weighted by Crippen LogP contribution is -2.60. The Morgan fingerprint density at radius 3 is 2.62 bits per heavy atom. The van der Waals surface area contributed by atoms with Crippen molar-refractivity contribution in [3.05, 3.63) is 86.1 Å². The molecule has 3 heterocycles. The molecule has 45 heavy (non-hydrogen) atoms. The summed E-state index contributed by atoms with van der Waals surface area (Å²) in [5.74, 6) is -3.49. The molecule has 2 fully saturated rings. The van der Waals surface area contributed by atoms with E-state index >= 15 is 0 Å². The second-order valence-electron chi connectivity index (χ2n) is 12.8. The summed E-state index contributed by atoms with van der Waals surface area (Å²) >= 11 is 0. The van der Waals surface area contributed by atoms with Crippen molar-refractivity contribution in [3.8, 4) is 5.75 Å². The Labute approximate surface area is 259 Å². The van der Waals surface area contributed by atoms with E-state index in [2.05, 4.69) is 17.2 Å². The van der Waals surface area contributed by atoms with E-state index in [1.165, 1.54) is 22.5 Å². The van der Waals surface area contributed by atoms with E-state index in [0.717, 1.165) is 18.1 Å². The highest BCUT2D eigenvalue weighted by molar-refractivity contribution is 7.89. The number of amides is 1. The van der Waals surface area contributed by atoms with Crippen LogP contribution in [-0.2, 0) is 21.3 Å². The molecule has 4 aliphatic rings. The monoisotopic (exact) mass is 635 g/mol. The molecule has 14 heteroatoms. The molecule has 1 saturated carbocycles. The van der Waals surface area contributed by atoms with Gasteiger partial charge in [0.15, 0.2) is 0 Å². The van der Waals surface area contributed by atoms with Crippen LogP contribution in [0.3, 0.4) is 0 Å². The van der Waals surface area contributed by atoms with Crippen LogP contribution in [0.25, 0.3) is 0 Å². The molecule has 0 radical (unpaired) electrons. The molecule has 2 aliphatic heterocycles. The van der Waals surface area contributed by atoms with Gasteiger partial charge >= 0.3 is 0 Å². The van der Waals surface area contributed by atoms with Crippen LogP contribution in [0.1, 0.15) is 68.8 Å². The number of likely N-dealkylation sites (N-methyl/N-ethyl adjacent to an activating group) is 1. The summed E-state index contributed by atoms with van der Waals surface area (Å²) in [5.41, 5.74) is -2.10. The largest absolute Gasteiger partial charge is 0.454 e. The number of nitro groups is 1. The SMILES string of the molecule is Cc1cc(S(=O)(=O)N2CCC(N(C)C)C2)[nH]c1C(=O)NC12C(=O)c3cccc([N+](=O)[O-])c3C1(O)Oc1cc(C3CC3C)ccc12. The van der Waals surface area contributed by atoms with Crippen molar-refractivity contribution < 1.29 is 32.8 Å². The summed E-state index contributed by atoms with van der Waals surface area (Å²) in [7, 11) is -0.200. The van der Waals surface area contributed by atoms with Gasteiger partial charge < -0.3 is 25.0 Å². The zero-order valence-electron chi connectivity index (χ0n) is 25.2. The number of Topliss-reactive ketones (excluding diaryl/α,β-unsaturated/α-hetero) is 1. The van der Waals surface area contributed by atoms with E-state index in [1.807, 2.05) is 25.1 Å². The maximum atomic E-state index is 14.3.